The van der Waals surface area contributed by atoms with Crippen LogP contribution < -0.4 is 0 Å². The van der Waals surface area contributed by atoms with Crippen LogP contribution in [0.15, 0.2) is 34.9 Å². The summed E-state index contributed by atoms with van der Waals surface area (Å²) in [6.07, 6.45) is 13.7. The molecular weight excluding hydrogens is 272 g/mol. The summed E-state index contributed by atoms with van der Waals surface area (Å²) in [4.78, 5) is 21.1. The molecule has 0 fully saturated rings. The summed E-state index contributed by atoms with van der Waals surface area (Å²) in [6.45, 7) is 9.20. The fraction of sp³-hybridized carbons (Fsp3) is 0.600. The second-order valence-corrected chi connectivity index (χ2v) is 7.15. The van der Waals surface area contributed by atoms with Gasteiger partial charge >= 0.3 is 0 Å². The van der Waals surface area contributed by atoms with Crippen molar-refractivity contribution >= 4 is 12.6 Å². The van der Waals surface area contributed by atoms with Gasteiger partial charge in [0.05, 0.1) is 0 Å². The summed E-state index contributed by atoms with van der Waals surface area (Å²) in [5, 5.41) is 0. The second-order valence-electron chi connectivity index (χ2n) is 7.15. The van der Waals surface area contributed by atoms with Crippen molar-refractivity contribution in [1.82, 2.24) is 0 Å². The van der Waals surface area contributed by atoms with Crippen molar-refractivity contribution in [1.29, 1.82) is 0 Å². The molecule has 0 saturated carbocycles. The van der Waals surface area contributed by atoms with Crippen LogP contribution in [0.3, 0.4) is 0 Å². The Morgan fingerprint density at radius 3 is 2.64 bits per heavy atom. The first-order valence-electron chi connectivity index (χ1n) is 8.32. The van der Waals surface area contributed by atoms with Gasteiger partial charge in [-0.2, -0.15) is 0 Å². The maximum absolute atomic E-state index is 10.8. The lowest BCUT2D eigenvalue weighted by Gasteiger charge is -2.38. The minimum absolute atomic E-state index is 0.399. The zero-order valence-corrected chi connectivity index (χ0v) is 14.5. The van der Waals surface area contributed by atoms with Crippen LogP contribution in [-0.4, -0.2) is 12.6 Å². The Labute approximate surface area is 135 Å². The van der Waals surface area contributed by atoms with Crippen LogP contribution >= 0.6 is 0 Å². The Balaban J connectivity index is 2.49. The van der Waals surface area contributed by atoms with E-state index >= 15 is 0 Å². The van der Waals surface area contributed by atoms with Gasteiger partial charge < -0.3 is 0 Å². The van der Waals surface area contributed by atoms with Crippen molar-refractivity contribution in [3.8, 4) is 0 Å². The van der Waals surface area contributed by atoms with Gasteiger partial charge in [0.2, 0.25) is 0 Å². The van der Waals surface area contributed by atoms with Crippen LogP contribution in [0.2, 0.25) is 0 Å². The Hall–Kier alpha value is -1.44. The van der Waals surface area contributed by atoms with Crippen LogP contribution in [0.4, 0.5) is 0 Å². The highest BCUT2D eigenvalue weighted by atomic mass is 16.1. The molecule has 0 aromatic carbocycles. The molecule has 0 aromatic heterocycles. The molecule has 0 amide bonds. The Kier molecular flexibility index (Phi) is 7.50. The number of carbonyl (C=O) groups excluding carboxylic acids is 2. The third-order valence-electron chi connectivity index (χ3n) is 4.93. The highest BCUT2D eigenvalue weighted by Gasteiger charge is 2.32. The summed E-state index contributed by atoms with van der Waals surface area (Å²) < 4.78 is 0. The smallest absolute Gasteiger partial charge is 0.146 e. The van der Waals surface area contributed by atoms with Crippen LogP contribution in [0, 0.1) is 11.3 Å². The van der Waals surface area contributed by atoms with E-state index in [1.165, 1.54) is 30.9 Å². The molecule has 0 heterocycles. The molecule has 0 aromatic rings. The minimum atomic E-state index is 0.399. The highest BCUT2D eigenvalue weighted by Crippen LogP contribution is 2.43. The number of rotatable bonds is 8. The molecule has 0 radical (unpaired) electrons. The quantitative estimate of drug-likeness (QED) is 0.351. The van der Waals surface area contributed by atoms with Gasteiger partial charge in [0.25, 0.3) is 0 Å². The van der Waals surface area contributed by atoms with E-state index < -0.39 is 0 Å². The van der Waals surface area contributed by atoms with E-state index in [2.05, 4.69) is 39.8 Å². The molecule has 0 N–H and O–H groups in total. The van der Waals surface area contributed by atoms with Crippen molar-refractivity contribution in [3.05, 3.63) is 34.9 Å². The van der Waals surface area contributed by atoms with Crippen LogP contribution in [0.25, 0.3) is 0 Å². The SMILES string of the molecule is CC(=CCCC(C=O)=CC=O)CCC1C(C)=CCCC1(C)C. The molecule has 0 saturated heterocycles. The zero-order chi connectivity index (χ0) is 16.6. The van der Waals surface area contributed by atoms with Crippen molar-refractivity contribution in [3.63, 3.8) is 0 Å². The summed E-state index contributed by atoms with van der Waals surface area (Å²) >= 11 is 0. The van der Waals surface area contributed by atoms with E-state index in [-0.39, 0.29) is 0 Å². The predicted octanol–water partition coefficient (Wildman–Crippen LogP) is 5.20. The maximum Gasteiger partial charge on any atom is 0.146 e. The fourth-order valence-corrected chi connectivity index (χ4v) is 3.45. The van der Waals surface area contributed by atoms with Gasteiger partial charge in [0.1, 0.15) is 12.6 Å². The van der Waals surface area contributed by atoms with Gasteiger partial charge in [-0.05, 0) is 75.4 Å². The third kappa shape index (κ3) is 5.75. The molecule has 1 rings (SSSR count). The van der Waals surface area contributed by atoms with E-state index in [4.69, 9.17) is 0 Å². The first-order chi connectivity index (χ1) is 10.4. The van der Waals surface area contributed by atoms with Gasteiger partial charge in [0.15, 0.2) is 0 Å². The standard InChI is InChI=1S/C20H30O2/c1-16(7-5-9-18(15-22)12-14-21)10-11-19-17(2)8-6-13-20(19,3)4/h7-8,12,14-15,19H,5-6,9-11,13H2,1-4H3. The largest absolute Gasteiger partial charge is 0.299 e. The number of carbonyl (C=O) groups is 2. The van der Waals surface area contributed by atoms with Crippen molar-refractivity contribution in [2.45, 2.75) is 66.2 Å². The van der Waals surface area contributed by atoms with E-state index in [1.807, 2.05) is 0 Å². The molecule has 1 aliphatic carbocycles. The normalized spacial score (nSPS) is 22.2. The van der Waals surface area contributed by atoms with E-state index in [1.54, 1.807) is 5.57 Å². The second kappa shape index (κ2) is 8.87. The van der Waals surface area contributed by atoms with Gasteiger partial charge in [-0.15, -0.1) is 0 Å². The molecule has 1 atom stereocenters. The Bertz CT molecular complexity index is 478. The number of hydrogen-bond acceptors (Lipinski definition) is 2. The molecule has 0 bridgehead atoms. The molecule has 0 spiro atoms. The summed E-state index contributed by atoms with van der Waals surface area (Å²) in [6, 6.07) is 0. The molecule has 122 valence electrons. The summed E-state index contributed by atoms with van der Waals surface area (Å²) in [5.41, 5.74) is 3.90. The minimum Gasteiger partial charge on any atom is -0.299 e. The van der Waals surface area contributed by atoms with Gasteiger partial charge in [0, 0.05) is 0 Å². The molecule has 0 aliphatic heterocycles. The number of allylic oxidation sites excluding steroid dienone is 6. The van der Waals surface area contributed by atoms with Gasteiger partial charge in [-0.1, -0.05) is 37.1 Å². The molecule has 2 heteroatoms. The monoisotopic (exact) mass is 302 g/mol. The topological polar surface area (TPSA) is 34.1 Å². The first kappa shape index (κ1) is 18.6. The average Bonchev–Trinajstić information content (AvgIpc) is 2.45. The number of aldehydes is 2. The fourth-order valence-electron chi connectivity index (χ4n) is 3.45. The van der Waals surface area contributed by atoms with Gasteiger partial charge in [-0.3, -0.25) is 9.59 Å². The van der Waals surface area contributed by atoms with Crippen molar-refractivity contribution in [2.75, 3.05) is 0 Å². The predicted molar refractivity (Wildman–Crippen MR) is 92.7 cm³/mol. The average molecular weight is 302 g/mol. The van der Waals surface area contributed by atoms with Crippen molar-refractivity contribution < 1.29 is 9.59 Å². The van der Waals surface area contributed by atoms with E-state index in [9.17, 15) is 9.59 Å². The van der Waals surface area contributed by atoms with Crippen LogP contribution in [-0.2, 0) is 9.59 Å². The molecule has 1 aliphatic rings. The molecule has 2 nitrogen and oxygen atoms in total. The molecule has 1 unspecified atom stereocenters. The lowest BCUT2D eigenvalue weighted by Crippen LogP contribution is -2.27. The highest BCUT2D eigenvalue weighted by molar-refractivity contribution is 5.81. The Morgan fingerprint density at radius 1 is 1.32 bits per heavy atom. The third-order valence-corrected chi connectivity index (χ3v) is 4.93. The Morgan fingerprint density at radius 2 is 2.05 bits per heavy atom. The van der Waals surface area contributed by atoms with Crippen LogP contribution in [0.1, 0.15) is 66.2 Å². The summed E-state index contributed by atoms with van der Waals surface area (Å²) in [5.74, 6) is 0.671. The van der Waals surface area contributed by atoms with Crippen LogP contribution in [0.5, 0.6) is 0 Å². The van der Waals surface area contributed by atoms with Gasteiger partial charge in [-0.25, -0.2) is 0 Å². The van der Waals surface area contributed by atoms with Crippen molar-refractivity contribution in [2.24, 2.45) is 11.3 Å². The summed E-state index contributed by atoms with van der Waals surface area (Å²) in [7, 11) is 0. The van der Waals surface area contributed by atoms with E-state index in [0.717, 1.165) is 19.1 Å². The lowest BCUT2D eigenvalue weighted by atomic mass is 9.67. The maximum atomic E-state index is 10.8. The number of hydrogen-bond donors (Lipinski definition) is 0. The zero-order valence-electron chi connectivity index (χ0n) is 14.5. The first-order valence-corrected chi connectivity index (χ1v) is 8.32. The van der Waals surface area contributed by atoms with E-state index in [0.29, 0.717) is 29.6 Å². The molecule has 22 heavy (non-hydrogen) atoms. The molecular formula is C20H30O2. The lowest BCUT2D eigenvalue weighted by molar-refractivity contribution is -0.106.